The second-order valence-corrected chi connectivity index (χ2v) is 11.3. The number of likely N-dealkylation sites (tertiary alicyclic amines) is 1. The molecule has 3 unspecified atom stereocenters. The van der Waals surface area contributed by atoms with Gasteiger partial charge < -0.3 is 20.6 Å². The summed E-state index contributed by atoms with van der Waals surface area (Å²) in [5.41, 5.74) is 0.982. The standard InChI is InChI=1S/C25H35N3O4S/c1-5-14(2)17(13-29)28-21(23(31)27-12-16-9-7-6-8-10-16)25-15(3)11-18(33-25)19(22(30)26-4)20(25)24(28)32/h6-10,14-15,17-21,29H,5,11-13H2,1-4H3,(H,26,30)(H,27,31)/t14-,15?,17-,18-,19+,20-,21?,25?/m0/s1. The van der Waals surface area contributed by atoms with E-state index < -0.39 is 28.7 Å². The van der Waals surface area contributed by atoms with Gasteiger partial charge in [-0.05, 0) is 23.8 Å². The van der Waals surface area contributed by atoms with Crippen LogP contribution in [0.15, 0.2) is 30.3 Å². The smallest absolute Gasteiger partial charge is 0.244 e. The van der Waals surface area contributed by atoms with Crippen molar-refractivity contribution in [2.45, 2.75) is 62.2 Å². The number of fused-ring (bicyclic) bond motifs is 1. The van der Waals surface area contributed by atoms with Gasteiger partial charge in [0.15, 0.2) is 0 Å². The highest BCUT2D eigenvalue weighted by molar-refractivity contribution is 8.02. The van der Waals surface area contributed by atoms with Crippen molar-refractivity contribution in [3.63, 3.8) is 0 Å². The summed E-state index contributed by atoms with van der Waals surface area (Å²) in [6.07, 6.45) is 1.57. The van der Waals surface area contributed by atoms with E-state index in [0.717, 1.165) is 18.4 Å². The first-order chi connectivity index (χ1) is 15.8. The first-order valence-electron chi connectivity index (χ1n) is 12.0. The second-order valence-electron chi connectivity index (χ2n) is 9.75. The number of thioether (sulfide) groups is 1. The fourth-order valence-corrected chi connectivity index (χ4v) is 8.69. The van der Waals surface area contributed by atoms with Gasteiger partial charge in [0.05, 0.1) is 29.2 Å². The number of hydrogen-bond acceptors (Lipinski definition) is 5. The van der Waals surface area contributed by atoms with Crippen molar-refractivity contribution in [1.82, 2.24) is 15.5 Å². The highest BCUT2D eigenvalue weighted by Gasteiger charge is 2.76. The third-order valence-electron chi connectivity index (χ3n) is 8.14. The molecule has 3 N–H and O–H groups in total. The molecule has 3 aliphatic heterocycles. The Balaban J connectivity index is 1.74. The normalized spacial score (nSPS) is 34.2. The van der Waals surface area contributed by atoms with Crippen LogP contribution in [0.25, 0.3) is 0 Å². The highest BCUT2D eigenvalue weighted by atomic mass is 32.2. The molecule has 2 bridgehead atoms. The van der Waals surface area contributed by atoms with Crippen molar-refractivity contribution >= 4 is 29.5 Å². The molecular formula is C25H35N3O4S. The predicted octanol–water partition coefficient (Wildman–Crippen LogP) is 1.79. The Morgan fingerprint density at radius 3 is 2.58 bits per heavy atom. The molecular weight excluding hydrogens is 438 g/mol. The first kappa shape index (κ1) is 24.1. The molecule has 180 valence electrons. The summed E-state index contributed by atoms with van der Waals surface area (Å²) in [5.74, 6) is -1.37. The van der Waals surface area contributed by atoms with E-state index in [1.54, 1.807) is 23.7 Å². The van der Waals surface area contributed by atoms with E-state index in [1.807, 2.05) is 44.2 Å². The Kier molecular flexibility index (Phi) is 6.78. The maximum absolute atomic E-state index is 14.0. The molecule has 4 rings (SSSR count). The second kappa shape index (κ2) is 9.29. The minimum atomic E-state index is -0.718. The van der Waals surface area contributed by atoms with E-state index in [2.05, 4.69) is 17.6 Å². The highest BCUT2D eigenvalue weighted by Crippen LogP contribution is 2.68. The fourth-order valence-electron chi connectivity index (χ4n) is 6.28. The number of carbonyl (C=O) groups excluding carboxylic acids is 3. The Bertz CT molecular complexity index is 912. The number of amides is 3. The molecule has 3 heterocycles. The SMILES string of the molecule is CC[C@H](C)[C@H](CO)N1C(=O)[C@@H]2[C@H](C(=O)NC)[C@@H]3CC(C)C2(S3)C1C(=O)NCc1ccccc1. The summed E-state index contributed by atoms with van der Waals surface area (Å²) in [6.45, 7) is 6.29. The lowest BCUT2D eigenvalue weighted by molar-refractivity contribution is -0.143. The Labute approximate surface area is 200 Å². The molecule has 1 spiro atoms. The molecule has 3 saturated heterocycles. The quantitative estimate of drug-likeness (QED) is 0.535. The minimum Gasteiger partial charge on any atom is -0.394 e. The zero-order valence-corrected chi connectivity index (χ0v) is 20.6. The molecule has 3 aliphatic rings. The third-order valence-corrected chi connectivity index (χ3v) is 10.2. The third kappa shape index (κ3) is 3.66. The zero-order chi connectivity index (χ0) is 23.9. The summed E-state index contributed by atoms with van der Waals surface area (Å²) < 4.78 is -0.666. The van der Waals surface area contributed by atoms with Gasteiger partial charge in [0.2, 0.25) is 17.7 Å². The molecule has 8 atom stereocenters. The van der Waals surface area contributed by atoms with Crippen LogP contribution in [-0.2, 0) is 20.9 Å². The molecule has 3 fully saturated rings. The van der Waals surface area contributed by atoms with Crippen LogP contribution < -0.4 is 10.6 Å². The molecule has 1 aromatic rings. The van der Waals surface area contributed by atoms with Gasteiger partial charge in [-0.15, -0.1) is 11.8 Å². The summed E-state index contributed by atoms with van der Waals surface area (Å²) in [7, 11) is 1.60. The van der Waals surface area contributed by atoms with E-state index in [1.165, 1.54) is 0 Å². The molecule has 3 amide bonds. The largest absolute Gasteiger partial charge is 0.394 e. The summed E-state index contributed by atoms with van der Waals surface area (Å²) >= 11 is 1.66. The molecule has 0 aliphatic carbocycles. The van der Waals surface area contributed by atoms with Gasteiger partial charge in [0.25, 0.3) is 0 Å². The van der Waals surface area contributed by atoms with E-state index in [0.29, 0.717) is 6.54 Å². The van der Waals surface area contributed by atoms with E-state index in [9.17, 15) is 19.5 Å². The molecule has 0 aromatic heterocycles. The Morgan fingerprint density at radius 1 is 1.27 bits per heavy atom. The van der Waals surface area contributed by atoms with Crippen LogP contribution >= 0.6 is 11.8 Å². The maximum atomic E-state index is 14.0. The number of benzene rings is 1. The van der Waals surface area contributed by atoms with Crippen LogP contribution in [0.4, 0.5) is 0 Å². The van der Waals surface area contributed by atoms with Crippen LogP contribution in [0.3, 0.4) is 0 Å². The van der Waals surface area contributed by atoms with Crippen molar-refractivity contribution in [3.05, 3.63) is 35.9 Å². The Morgan fingerprint density at radius 2 is 1.97 bits per heavy atom. The molecule has 33 heavy (non-hydrogen) atoms. The van der Waals surface area contributed by atoms with Crippen molar-refractivity contribution in [3.8, 4) is 0 Å². The monoisotopic (exact) mass is 473 g/mol. The summed E-state index contributed by atoms with van der Waals surface area (Å²) in [5, 5.41) is 16.2. The van der Waals surface area contributed by atoms with Gasteiger partial charge in [-0.25, -0.2) is 0 Å². The summed E-state index contributed by atoms with van der Waals surface area (Å²) in [4.78, 5) is 42.3. The number of carbonyl (C=O) groups is 3. The molecule has 7 nitrogen and oxygen atoms in total. The number of nitrogens with zero attached hydrogens (tertiary/aromatic N) is 1. The van der Waals surface area contributed by atoms with Gasteiger partial charge in [-0.3, -0.25) is 14.4 Å². The van der Waals surface area contributed by atoms with E-state index in [-0.39, 0.29) is 41.4 Å². The minimum absolute atomic E-state index is 0.0227. The van der Waals surface area contributed by atoms with Crippen LogP contribution in [0.1, 0.15) is 39.2 Å². The lowest BCUT2D eigenvalue weighted by atomic mass is 9.66. The molecule has 1 aromatic carbocycles. The average molecular weight is 474 g/mol. The van der Waals surface area contributed by atoms with Gasteiger partial charge >= 0.3 is 0 Å². The number of rotatable bonds is 8. The van der Waals surface area contributed by atoms with Crippen LogP contribution in [0.2, 0.25) is 0 Å². The van der Waals surface area contributed by atoms with Crippen molar-refractivity contribution in [2.24, 2.45) is 23.7 Å². The topological polar surface area (TPSA) is 98.7 Å². The van der Waals surface area contributed by atoms with Gasteiger partial charge in [0, 0.05) is 18.8 Å². The number of aliphatic hydroxyl groups excluding tert-OH is 1. The lowest BCUT2D eigenvalue weighted by Crippen LogP contribution is -2.59. The molecule has 0 saturated carbocycles. The van der Waals surface area contributed by atoms with E-state index in [4.69, 9.17) is 0 Å². The van der Waals surface area contributed by atoms with Crippen molar-refractivity contribution < 1.29 is 19.5 Å². The van der Waals surface area contributed by atoms with Crippen molar-refractivity contribution in [1.29, 1.82) is 0 Å². The number of aliphatic hydroxyl groups is 1. The van der Waals surface area contributed by atoms with E-state index >= 15 is 0 Å². The Hall–Kier alpha value is -2.06. The van der Waals surface area contributed by atoms with Gasteiger partial charge in [0.1, 0.15) is 6.04 Å². The number of hydrogen-bond donors (Lipinski definition) is 3. The van der Waals surface area contributed by atoms with Crippen molar-refractivity contribution in [2.75, 3.05) is 13.7 Å². The van der Waals surface area contributed by atoms with Gasteiger partial charge in [-0.2, -0.15) is 0 Å². The maximum Gasteiger partial charge on any atom is 0.244 e. The van der Waals surface area contributed by atoms with Crippen LogP contribution in [0, 0.1) is 23.7 Å². The first-order valence-corrected chi connectivity index (χ1v) is 12.8. The van der Waals surface area contributed by atoms with Crippen LogP contribution in [-0.4, -0.2) is 63.5 Å². The van der Waals surface area contributed by atoms with Gasteiger partial charge in [-0.1, -0.05) is 57.5 Å². The fraction of sp³-hybridized carbons (Fsp3) is 0.640. The lowest BCUT2D eigenvalue weighted by Gasteiger charge is -2.41. The average Bonchev–Trinajstić information content (AvgIpc) is 3.42. The number of nitrogens with one attached hydrogen (secondary N) is 2. The predicted molar refractivity (Wildman–Crippen MR) is 128 cm³/mol. The zero-order valence-electron chi connectivity index (χ0n) is 19.8. The molecule has 0 radical (unpaired) electrons. The molecule has 8 heteroatoms. The summed E-state index contributed by atoms with van der Waals surface area (Å²) in [6, 6.07) is 8.51. The van der Waals surface area contributed by atoms with Crippen LogP contribution in [0.5, 0.6) is 0 Å².